The number of nitrogens with zero attached hydrogens (tertiary/aromatic N) is 1. The number of carbonyl (C=O) groups excluding carboxylic acids is 2. The Morgan fingerprint density at radius 3 is 2.32 bits per heavy atom. The lowest BCUT2D eigenvalue weighted by Crippen LogP contribution is -2.27. The van der Waals surface area contributed by atoms with Crippen LogP contribution < -0.4 is 10.6 Å². The van der Waals surface area contributed by atoms with Crippen LogP contribution in [0.15, 0.2) is 48.5 Å². The van der Waals surface area contributed by atoms with Gasteiger partial charge in [0.05, 0.1) is 23.5 Å². The third-order valence-corrected chi connectivity index (χ3v) is 4.33. The van der Waals surface area contributed by atoms with Gasteiger partial charge < -0.3 is 10.6 Å². The van der Waals surface area contributed by atoms with Crippen molar-refractivity contribution < 1.29 is 9.59 Å². The Bertz CT molecular complexity index is 820. The molecule has 2 amide bonds. The number of hydrogen-bond donors (Lipinski definition) is 2. The molecule has 0 bridgehead atoms. The molecule has 0 aliphatic heterocycles. The van der Waals surface area contributed by atoms with Crippen molar-refractivity contribution in [3.05, 3.63) is 65.2 Å². The molecule has 5 heteroatoms. The highest BCUT2D eigenvalue weighted by Crippen LogP contribution is 2.39. The number of rotatable bonds is 5. The molecule has 1 aliphatic carbocycles. The summed E-state index contributed by atoms with van der Waals surface area (Å²) < 4.78 is 0. The van der Waals surface area contributed by atoms with Crippen LogP contribution in [0, 0.1) is 30.1 Å². The molecule has 2 N–H and O–H groups in total. The van der Waals surface area contributed by atoms with Crippen molar-refractivity contribution in [2.45, 2.75) is 19.9 Å². The van der Waals surface area contributed by atoms with Gasteiger partial charge in [0.2, 0.25) is 11.8 Å². The number of nitrogens with one attached hydrogen (secondary N) is 2. The first-order valence-electron chi connectivity index (χ1n) is 8.21. The van der Waals surface area contributed by atoms with Gasteiger partial charge in [-0.3, -0.25) is 9.59 Å². The van der Waals surface area contributed by atoms with Gasteiger partial charge in [0.25, 0.3) is 0 Å². The minimum atomic E-state index is -0.284. The maximum atomic E-state index is 12.2. The third kappa shape index (κ3) is 4.24. The highest BCUT2D eigenvalue weighted by molar-refractivity contribution is 5.99. The predicted molar refractivity (Wildman–Crippen MR) is 94.4 cm³/mol. The van der Waals surface area contributed by atoms with Crippen LogP contribution in [0.1, 0.15) is 23.1 Å². The second kappa shape index (κ2) is 7.18. The second-order valence-electron chi connectivity index (χ2n) is 6.33. The lowest BCUT2D eigenvalue weighted by molar-refractivity contribution is -0.125. The van der Waals surface area contributed by atoms with Crippen LogP contribution in [0.2, 0.25) is 0 Å². The Morgan fingerprint density at radius 2 is 1.68 bits per heavy atom. The Kier molecular flexibility index (Phi) is 4.80. The summed E-state index contributed by atoms with van der Waals surface area (Å²) in [4.78, 5) is 24.4. The van der Waals surface area contributed by atoms with Crippen LogP contribution in [0.5, 0.6) is 0 Å². The fourth-order valence-corrected chi connectivity index (χ4v) is 2.66. The zero-order valence-corrected chi connectivity index (χ0v) is 14.0. The van der Waals surface area contributed by atoms with E-state index in [-0.39, 0.29) is 23.7 Å². The molecule has 1 saturated carbocycles. The van der Waals surface area contributed by atoms with E-state index >= 15 is 0 Å². The molecule has 3 rings (SSSR count). The van der Waals surface area contributed by atoms with Gasteiger partial charge in [-0.2, -0.15) is 5.26 Å². The fraction of sp³-hybridized carbons (Fsp3) is 0.250. The smallest absolute Gasteiger partial charge is 0.228 e. The highest BCUT2D eigenvalue weighted by atomic mass is 16.2. The number of nitriles is 1. The molecule has 2 aromatic rings. The van der Waals surface area contributed by atoms with E-state index in [0.29, 0.717) is 24.2 Å². The topological polar surface area (TPSA) is 82.0 Å². The Labute approximate surface area is 146 Å². The molecule has 126 valence electrons. The summed E-state index contributed by atoms with van der Waals surface area (Å²) in [5, 5.41) is 14.4. The van der Waals surface area contributed by atoms with E-state index in [1.54, 1.807) is 24.3 Å². The first-order valence-corrected chi connectivity index (χ1v) is 8.21. The highest BCUT2D eigenvalue weighted by Gasteiger charge is 2.47. The lowest BCUT2D eigenvalue weighted by atomic mass is 10.1. The van der Waals surface area contributed by atoms with Gasteiger partial charge in [-0.25, -0.2) is 0 Å². The Balaban J connectivity index is 1.47. The van der Waals surface area contributed by atoms with Crippen molar-refractivity contribution in [3.8, 4) is 6.07 Å². The number of hydrogen-bond acceptors (Lipinski definition) is 3. The molecule has 25 heavy (non-hydrogen) atoms. The minimum Gasteiger partial charge on any atom is -0.352 e. The van der Waals surface area contributed by atoms with Crippen LogP contribution in [0.4, 0.5) is 5.69 Å². The molecule has 0 radical (unpaired) electrons. The van der Waals surface area contributed by atoms with E-state index in [9.17, 15) is 9.59 Å². The van der Waals surface area contributed by atoms with Gasteiger partial charge in [0.1, 0.15) is 0 Å². The van der Waals surface area contributed by atoms with E-state index in [1.165, 1.54) is 5.56 Å². The largest absolute Gasteiger partial charge is 0.352 e. The predicted octanol–water partition coefficient (Wildman–Crippen LogP) is 2.76. The molecule has 1 fully saturated rings. The maximum absolute atomic E-state index is 12.2. The number of benzene rings is 2. The number of anilines is 1. The van der Waals surface area contributed by atoms with E-state index < -0.39 is 0 Å². The van der Waals surface area contributed by atoms with E-state index in [0.717, 1.165) is 5.56 Å². The minimum absolute atomic E-state index is 0.0828. The molecule has 2 aromatic carbocycles. The van der Waals surface area contributed by atoms with Crippen LogP contribution in [0.25, 0.3) is 0 Å². The van der Waals surface area contributed by atoms with E-state index in [4.69, 9.17) is 5.26 Å². The summed E-state index contributed by atoms with van der Waals surface area (Å²) in [5.74, 6) is -0.779. The van der Waals surface area contributed by atoms with Crippen molar-refractivity contribution in [1.82, 2.24) is 5.32 Å². The number of aryl methyl sites for hydroxylation is 1. The molecular formula is C20H19N3O2. The van der Waals surface area contributed by atoms with Crippen molar-refractivity contribution >= 4 is 17.5 Å². The van der Waals surface area contributed by atoms with Crippen LogP contribution in [-0.4, -0.2) is 11.8 Å². The van der Waals surface area contributed by atoms with Crippen molar-refractivity contribution in [3.63, 3.8) is 0 Å². The molecule has 0 heterocycles. The fourth-order valence-electron chi connectivity index (χ4n) is 2.66. The second-order valence-corrected chi connectivity index (χ2v) is 6.33. The first kappa shape index (κ1) is 16.7. The summed E-state index contributed by atoms with van der Waals surface area (Å²) >= 11 is 0. The van der Waals surface area contributed by atoms with Gasteiger partial charge in [0, 0.05) is 12.2 Å². The number of carbonyl (C=O) groups is 2. The lowest BCUT2D eigenvalue weighted by Gasteiger charge is -2.07. The van der Waals surface area contributed by atoms with Gasteiger partial charge in [0.15, 0.2) is 0 Å². The third-order valence-electron chi connectivity index (χ3n) is 4.33. The zero-order valence-electron chi connectivity index (χ0n) is 14.0. The molecule has 2 unspecified atom stereocenters. The Hall–Kier alpha value is -3.13. The van der Waals surface area contributed by atoms with Crippen LogP contribution in [0.3, 0.4) is 0 Å². The molecule has 2 atom stereocenters. The van der Waals surface area contributed by atoms with Gasteiger partial charge in [-0.15, -0.1) is 0 Å². The summed E-state index contributed by atoms with van der Waals surface area (Å²) in [6.07, 6.45) is 0.571. The summed E-state index contributed by atoms with van der Waals surface area (Å²) in [7, 11) is 0. The molecule has 5 nitrogen and oxygen atoms in total. The standard InChI is InChI=1S/C20H19N3O2/c1-13-2-4-15(5-3-13)12-22-19(24)17-10-18(17)20(25)23-16-8-6-14(11-21)7-9-16/h2-9,17-18H,10,12H2,1H3,(H,22,24)(H,23,25). The molecule has 0 saturated heterocycles. The molecule has 0 aromatic heterocycles. The quantitative estimate of drug-likeness (QED) is 0.882. The van der Waals surface area contributed by atoms with Gasteiger partial charge >= 0.3 is 0 Å². The summed E-state index contributed by atoms with van der Waals surface area (Å²) in [6.45, 7) is 2.49. The normalized spacial score (nSPS) is 18.1. The monoisotopic (exact) mass is 333 g/mol. The van der Waals surface area contributed by atoms with Crippen molar-refractivity contribution in [2.75, 3.05) is 5.32 Å². The first-order chi connectivity index (χ1) is 12.1. The average molecular weight is 333 g/mol. The Morgan fingerprint density at radius 1 is 1.04 bits per heavy atom. The van der Waals surface area contributed by atoms with Gasteiger partial charge in [-0.1, -0.05) is 29.8 Å². The summed E-state index contributed by atoms with van der Waals surface area (Å²) in [6, 6.07) is 16.7. The maximum Gasteiger partial charge on any atom is 0.228 e. The van der Waals surface area contributed by atoms with Crippen molar-refractivity contribution in [1.29, 1.82) is 5.26 Å². The molecular weight excluding hydrogens is 314 g/mol. The molecule has 1 aliphatic rings. The van der Waals surface area contributed by atoms with E-state index in [2.05, 4.69) is 10.6 Å². The zero-order chi connectivity index (χ0) is 17.8. The van der Waals surface area contributed by atoms with Crippen LogP contribution in [-0.2, 0) is 16.1 Å². The summed E-state index contributed by atoms with van der Waals surface area (Å²) in [5.41, 5.74) is 3.39. The SMILES string of the molecule is Cc1ccc(CNC(=O)C2CC2C(=O)Nc2ccc(C#N)cc2)cc1. The molecule has 0 spiro atoms. The van der Waals surface area contributed by atoms with Crippen LogP contribution >= 0.6 is 0 Å². The average Bonchev–Trinajstić information content (AvgIpc) is 3.43. The van der Waals surface area contributed by atoms with Crippen molar-refractivity contribution in [2.24, 2.45) is 11.8 Å². The number of amides is 2. The van der Waals surface area contributed by atoms with E-state index in [1.807, 2.05) is 37.3 Å². The van der Waals surface area contributed by atoms with Gasteiger partial charge in [-0.05, 0) is 43.2 Å².